The third kappa shape index (κ3) is 1.97. The van der Waals surface area contributed by atoms with Gasteiger partial charge in [0.15, 0.2) is 4.96 Å². The van der Waals surface area contributed by atoms with Gasteiger partial charge in [-0.15, -0.1) is 0 Å². The number of thiazole rings is 1. The molecular formula is C13H9ClN2O3S. The minimum atomic E-state index is -0.660. The van der Waals surface area contributed by atoms with E-state index >= 15 is 0 Å². The van der Waals surface area contributed by atoms with Gasteiger partial charge < -0.3 is 4.74 Å². The van der Waals surface area contributed by atoms with Crippen LogP contribution in [0.15, 0.2) is 29.2 Å². The molecule has 0 N–H and O–H groups in total. The van der Waals surface area contributed by atoms with Crippen LogP contribution in [0, 0.1) is 0 Å². The molecule has 0 aliphatic carbocycles. The van der Waals surface area contributed by atoms with Gasteiger partial charge in [-0.1, -0.05) is 22.9 Å². The maximum absolute atomic E-state index is 12.4. The van der Waals surface area contributed by atoms with Crippen LogP contribution in [0.3, 0.4) is 0 Å². The number of fused-ring (bicyclic) bond motifs is 3. The SMILES string of the molecule is CCOC(=O)c1cnc2sc3cc(Cl)ccc3n2c1=O. The van der Waals surface area contributed by atoms with Gasteiger partial charge in [0.1, 0.15) is 5.56 Å². The van der Waals surface area contributed by atoms with Gasteiger partial charge in [0, 0.05) is 5.02 Å². The molecule has 0 bridgehead atoms. The Hall–Kier alpha value is -1.92. The zero-order chi connectivity index (χ0) is 14.3. The molecule has 0 aliphatic heterocycles. The Labute approximate surface area is 122 Å². The number of nitrogens with zero attached hydrogens (tertiary/aromatic N) is 2. The molecule has 2 heterocycles. The van der Waals surface area contributed by atoms with Crippen LogP contribution in [0.5, 0.6) is 0 Å². The molecule has 3 rings (SSSR count). The normalized spacial score (nSPS) is 11.1. The van der Waals surface area contributed by atoms with Crippen LogP contribution in [-0.2, 0) is 4.74 Å². The molecule has 0 aliphatic rings. The number of rotatable bonds is 2. The monoisotopic (exact) mass is 308 g/mol. The number of halogens is 1. The second-order valence-corrected chi connectivity index (χ2v) is 5.48. The summed E-state index contributed by atoms with van der Waals surface area (Å²) >= 11 is 7.27. The predicted octanol–water partition coefficient (Wildman–Crippen LogP) is 2.74. The van der Waals surface area contributed by atoms with Gasteiger partial charge in [-0.25, -0.2) is 9.78 Å². The lowest BCUT2D eigenvalue weighted by molar-refractivity contribution is 0.0523. The summed E-state index contributed by atoms with van der Waals surface area (Å²) in [5, 5.41) is 0.586. The first kappa shape index (κ1) is 13.1. The van der Waals surface area contributed by atoms with E-state index in [9.17, 15) is 9.59 Å². The standard InChI is InChI=1S/C13H9ClN2O3S/c1-2-19-12(18)8-6-15-13-16(11(8)17)9-4-3-7(14)5-10(9)20-13/h3-6H,2H2,1H3. The first-order valence-electron chi connectivity index (χ1n) is 5.88. The number of aromatic nitrogens is 2. The predicted molar refractivity (Wildman–Crippen MR) is 77.8 cm³/mol. The van der Waals surface area contributed by atoms with Gasteiger partial charge in [0.05, 0.1) is 23.0 Å². The fourth-order valence-electron chi connectivity index (χ4n) is 1.93. The zero-order valence-corrected chi connectivity index (χ0v) is 12.0. The van der Waals surface area contributed by atoms with Gasteiger partial charge in [0.25, 0.3) is 5.56 Å². The van der Waals surface area contributed by atoms with Gasteiger partial charge >= 0.3 is 5.97 Å². The van der Waals surface area contributed by atoms with Crippen molar-refractivity contribution in [2.24, 2.45) is 0 Å². The van der Waals surface area contributed by atoms with Crippen molar-refractivity contribution in [2.45, 2.75) is 6.92 Å². The van der Waals surface area contributed by atoms with Gasteiger partial charge in [-0.3, -0.25) is 9.20 Å². The lowest BCUT2D eigenvalue weighted by Gasteiger charge is -2.01. The van der Waals surface area contributed by atoms with Crippen LogP contribution in [0.2, 0.25) is 5.02 Å². The molecule has 1 aromatic carbocycles. The minimum Gasteiger partial charge on any atom is -0.462 e. The molecule has 0 spiro atoms. The molecule has 7 heteroatoms. The van der Waals surface area contributed by atoms with Crippen molar-refractivity contribution in [3.8, 4) is 0 Å². The van der Waals surface area contributed by atoms with E-state index in [2.05, 4.69) is 4.98 Å². The molecule has 0 unspecified atom stereocenters. The topological polar surface area (TPSA) is 60.7 Å². The lowest BCUT2D eigenvalue weighted by atomic mass is 10.3. The molecule has 102 valence electrons. The van der Waals surface area contributed by atoms with Crippen LogP contribution in [0.25, 0.3) is 15.2 Å². The fraction of sp³-hybridized carbons (Fsp3) is 0.154. The molecule has 3 aromatic rings. The summed E-state index contributed by atoms with van der Waals surface area (Å²) in [5.74, 6) is -0.660. The Bertz CT molecular complexity index is 884. The van der Waals surface area contributed by atoms with E-state index in [1.165, 1.54) is 21.9 Å². The average Bonchev–Trinajstić information content (AvgIpc) is 2.77. The van der Waals surface area contributed by atoms with E-state index in [0.717, 1.165) is 4.70 Å². The van der Waals surface area contributed by atoms with Crippen molar-refractivity contribution >= 4 is 44.1 Å². The second-order valence-electron chi connectivity index (χ2n) is 4.03. The smallest absolute Gasteiger partial charge is 0.345 e. The third-order valence-corrected chi connectivity index (χ3v) is 4.04. The quantitative estimate of drug-likeness (QED) is 0.683. The Balaban J connectivity index is 2.34. The molecule has 0 fully saturated rings. The Morgan fingerprint density at radius 1 is 1.50 bits per heavy atom. The molecule has 0 amide bonds. The number of carbonyl (C=O) groups excluding carboxylic acids is 1. The summed E-state index contributed by atoms with van der Waals surface area (Å²) in [5.41, 5.74) is 0.180. The van der Waals surface area contributed by atoms with Gasteiger partial charge in [-0.2, -0.15) is 0 Å². The number of carbonyl (C=O) groups is 1. The van der Waals surface area contributed by atoms with Crippen molar-refractivity contribution in [1.82, 2.24) is 9.38 Å². The van der Waals surface area contributed by atoms with Crippen LogP contribution >= 0.6 is 22.9 Å². The minimum absolute atomic E-state index is 0.0704. The van der Waals surface area contributed by atoms with Crippen molar-refractivity contribution in [3.63, 3.8) is 0 Å². The van der Waals surface area contributed by atoms with E-state index in [-0.39, 0.29) is 12.2 Å². The van der Waals surface area contributed by atoms with Gasteiger partial charge in [-0.05, 0) is 25.1 Å². The first-order valence-corrected chi connectivity index (χ1v) is 7.08. The third-order valence-electron chi connectivity index (χ3n) is 2.79. The Morgan fingerprint density at radius 2 is 2.30 bits per heavy atom. The van der Waals surface area contributed by atoms with Crippen molar-refractivity contribution in [1.29, 1.82) is 0 Å². The van der Waals surface area contributed by atoms with E-state index in [0.29, 0.717) is 15.5 Å². The zero-order valence-electron chi connectivity index (χ0n) is 10.4. The molecular weight excluding hydrogens is 300 g/mol. The highest BCUT2D eigenvalue weighted by molar-refractivity contribution is 7.23. The molecule has 5 nitrogen and oxygen atoms in total. The van der Waals surface area contributed by atoms with Crippen molar-refractivity contribution in [2.75, 3.05) is 6.61 Å². The molecule has 2 aromatic heterocycles. The van der Waals surface area contributed by atoms with E-state index in [4.69, 9.17) is 16.3 Å². The maximum Gasteiger partial charge on any atom is 0.345 e. The summed E-state index contributed by atoms with van der Waals surface area (Å²) in [6.07, 6.45) is 1.26. The number of benzene rings is 1. The second kappa shape index (κ2) is 4.88. The van der Waals surface area contributed by atoms with E-state index < -0.39 is 11.5 Å². The maximum atomic E-state index is 12.4. The first-order chi connectivity index (χ1) is 9.61. The molecule has 0 atom stereocenters. The fourth-order valence-corrected chi connectivity index (χ4v) is 3.19. The number of ether oxygens (including phenoxy) is 1. The molecule has 20 heavy (non-hydrogen) atoms. The van der Waals surface area contributed by atoms with E-state index in [1.807, 2.05) is 0 Å². The Morgan fingerprint density at radius 3 is 3.05 bits per heavy atom. The highest BCUT2D eigenvalue weighted by Crippen LogP contribution is 2.26. The van der Waals surface area contributed by atoms with E-state index in [1.54, 1.807) is 25.1 Å². The van der Waals surface area contributed by atoms with Crippen LogP contribution < -0.4 is 5.56 Å². The summed E-state index contributed by atoms with van der Waals surface area (Å²) < 4.78 is 7.10. The van der Waals surface area contributed by atoms with Crippen LogP contribution in [-0.4, -0.2) is 22.0 Å². The summed E-state index contributed by atoms with van der Waals surface area (Å²) in [6, 6.07) is 5.19. The Kier molecular flexibility index (Phi) is 3.19. The number of hydrogen-bond donors (Lipinski definition) is 0. The average molecular weight is 309 g/mol. The lowest BCUT2D eigenvalue weighted by Crippen LogP contribution is -2.23. The highest BCUT2D eigenvalue weighted by atomic mass is 35.5. The summed E-state index contributed by atoms with van der Waals surface area (Å²) in [7, 11) is 0. The summed E-state index contributed by atoms with van der Waals surface area (Å²) in [4.78, 5) is 28.8. The van der Waals surface area contributed by atoms with Crippen molar-refractivity contribution in [3.05, 3.63) is 45.3 Å². The van der Waals surface area contributed by atoms with Crippen molar-refractivity contribution < 1.29 is 9.53 Å². The molecule has 0 saturated heterocycles. The number of esters is 1. The largest absolute Gasteiger partial charge is 0.462 e. The van der Waals surface area contributed by atoms with Gasteiger partial charge in [0.2, 0.25) is 0 Å². The molecule has 0 radical (unpaired) electrons. The number of hydrogen-bond acceptors (Lipinski definition) is 5. The summed E-state index contributed by atoms with van der Waals surface area (Å²) in [6.45, 7) is 1.89. The highest BCUT2D eigenvalue weighted by Gasteiger charge is 2.17. The van der Waals surface area contributed by atoms with Crippen LogP contribution in [0.4, 0.5) is 0 Å². The molecule has 0 saturated carbocycles. The van der Waals surface area contributed by atoms with Crippen LogP contribution in [0.1, 0.15) is 17.3 Å².